The molecule has 5 nitrogen and oxygen atoms in total. The predicted octanol–water partition coefficient (Wildman–Crippen LogP) is 5.32. The summed E-state index contributed by atoms with van der Waals surface area (Å²) >= 11 is 1.39. The van der Waals surface area contributed by atoms with E-state index in [9.17, 15) is 9.59 Å². The van der Waals surface area contributed by atoms with Crippen LogP contribution in [0.5, 0.6) is 5.75 Å². The fourth-order valence-corrected chi connectivity index (χ4v) is 3.67. The average Bonchev–Trinajstić information content (AvgIpc) is 3.16. The number of hydrogen-bond acceptors (Lipinski definition) is 5. The standard InChI is InChI=1S/C23H23NO4S/c1-3-19-14-20(23(26)27-4-2)22(29-19)24-21(25)17-10-12-18(13-11-17)28-15-16-8-6-5-7-9-16/h5-14H,3-4,15H2,1-2H3,(H,24,25). The van der Waals surface area contributed by atoms with E-state index in [1.54, 1.807) is 37.3 Å². The first-order chi connectivity index (χ1) is 14.1. The van der Waals surface area contributed by atoms with Crippen molar-refractivity contribution in [3.05, 3.63) is 82.2 Å². The van der Waals surface area contributed by atoms with Crippen molar-refractivity contribution in [3.63, 3.8) is 0 Å². The molecule has 1 aromatic heterocycles. The Labute approximate surface area is 174 Å². The summed E-state index contributed by atoms with van der Waals surface area (Å²) in [5.74, 6) is -0.0277. The number of anilines is 1. The average molecular weight is 410 g/mol. The molecular formula is C23H23NO4S. The third kappa shape index (κ3) is 5.45. The fraction of sp³-hybridized carbons (Fsp3) is 0.217. The molecule has 0 aliphatic heterocycles. The minimum absolute atomic E-state index is 0.283. The maximum atomic E-state index is 12.6. The molecule has 1 heterocycles. The first-order valence-corrected chi connectivity index (χ1v) is 10.3. The predicted molar refractivity (Wildman–Crippen MR) is 115 cm³/mol. The third-order valence-corrected chi connectivity index (χ3v) is 5.41. The Morgan fingerprint density at radius 1 is 1.00 bits per heavy atom. The van der Waals surface area contributed by atoms with Gasteiger partial charge in [-0.1, -0.05) is 37.3 Å². The van der Waals surface area contributed by atoms with E-state index < -0.39 is 5.97 Å². The van der Waals surface area contributed by atoms with E-state index in [1.807, 2.05) is 37.3 Å². The second-order valence-corrected chi connectivity index (χ2v) is 7.42. The zero-order chi connectivity index (χ0) is 20.6. The molecule has 0 aliphatic rings. The number of hydrogen-bond donors (Lipinski definition) is 1. The quantitative estimate of drug-likeness (QED) is 0.512. The molecule has 0 unspecified atom stereocenters. The van der Waals surface area contributed by atoms with Gasteiger partial charge in [0.05, 0.1) is 12.2 Å². The van der Waals surface area contributed by atoms with Gasteiger partial charge in [-0.3, -0.25) is 4.79 Å². The Kier molecular flexibility index (Phi) is 7.03. The van der Waals surface area contributed by atoms with E-state index in [4.69, 9.17) is 9.47 Å². The molecule has 0 aliphatic carbocycles. The van der Waals surface area contributed by atoms with Crippen LogP contribution in [0.2, 0.25) is 0 Å². The minimum Gasteiger partial charge on any atom is -0.489 e. The molecule has 0 radical (unpaired) electrons. The molecule has 1 N–H and O–H groups in total. The maximum absolute atomic E-state index is 12.6. The summed E-state index contributed by atoms with van der Waals surface area (Å²) in [5, 5.41) is 3.35. The van der Waals surface area contributed by atoms with Crippen LogP contribution in [-0.2, 0) is 17.8 Å². The third-order valence-electron chi connectivity index (χ3n) is 4.22. The summed E-state index contributed by atoms with van der Waals surface area (Å²) in [7, 11) is 0. The molecule has 2 aromatic carbocycles. The number of thiophene rings is 1. The summed E-state index contributed by atoms with van der Waals surface area (Å²) in [4.78, 5) is 25.8. The Morgan fingerprint density at radius 3 is 2.38 bits per heavy atom. The number of benzene rings is 2. The number of esters is 1. The lowest BCUT2D eigenvalue weighted by Crippen LogP contribution is -2.14. The highest BCUT2D eigenvalue weighted by atomic mass is 32.1. The maximum Gasteiger partial charge on any atom is 0.341 e. The van der Waals surface area contributed by atoms with E-state index in [0.29, 0.717) is 28.5 Å². The molecular weight excluding hydrogens is 386 g/mol. The van der Waals surface area contributed by atoms with Crippen LogP contribution >= 0.6 is 11.3 Å². The van der Waals surface area contributed by atoms with Crippen LogP contribution in [0.1, 0.15) is 45.0 Å². The van der Waals surface area contributed by atoms with Gasteiger partial charge in [-0.15, -0.1) is 11.3 Å². The number of rotatable bonds is 8. The molecule has 0 saturated heterocycles. The molecule has 0 saturated carbocycles. The van der Waals surface area contributed by atoms with Crippen molar-refractivity contribution in [1.29, 1.82) is 0 Å². The van der Waals surface area contributed by atoms with Crippen LogP contribution in [-0.4, -0.2) is 18.5 Å². The highest BCUT2D eigenvalue weighted by Gasteiger charge is 2.19. The van der Waals surface area contributed by atoms with Crippen molar-refractivity contribution in [2.24, 2.45) is 0 Å². The molecule has 1 amide bonds. The number of aryl methyl sites for hydroxylation is 1. The van der Waals surface area contributed by atoms with E-state index in [2.05, 4.69) is 5.32 Å². The van der Waals surface area contributed by atoms with Gasteiger partial charge in [0.2, 0.25) is 0 Å². The normalized spacial score (nSPS) is 10.4. The van der Waals surface area contributed by atoms with Gasteiger partial charge in [-0.25, -0.2) is 4.79 Å². The topological polar surface area (TPSA) is 64.6 Å². The van der Waals surface area contributed by atoms with Crippen molar-refractivity contribution in [1.82, 2.24) is 0 Å². The number of ether oxygens (including phenoxy) is 2. The second-order valence-electron chi connectivity index (χ2n) is 6.28. The molecule has 6 heteroatoms. The minimum atomic E-state index is -0.427. The van der Waals surface area contributed by atoms with E-state index >= 15 is 0 Å². The van der Waals surface area contributed by atoms with E-state index in [-0.39, 0.29) is 12.5 Å². The lowest BCUT2D eigenvalue weighted by molar-refractivity contribution is 0.0528. The van der Waals surface area contributed by atoms with Gasteiger partial charge in [0.15, 0.2) is 0 Å². The number of nitrogens with one attached hydrogen (secondary N) is 1. The van der Waals surface area contributed by atoms with Crippen LogP contribution < -0.4 is 10.1 Å². The highest BCUT2D eigenvalue weighted by Crippen LogP contribution is 2.30. The van der Waals surface area contributed by atoms with Crippen molar-refractivity contribution in [3.8, 4) is 5.75 Å². The first-order valence-electron chi connectivity index (χ1n) is 9.48. The van der Waals surface area contributed by atoms with Gasteiger partial charge in [0.1, 0.15) is 17.4 Å². The van der Waals surface area contributed by atoms with Gasteiger partial charge in [0, 0.05) is 10.4 Å². The summed E-state index contributed by atoms with van der Waals surface area (Å²) in [6.07, 6.45) is 0.778. The summed E-state index contributed by atoms with van der Waals surface area (Å²) in [6, 6.07) is 18.6. The van der Waals surface area contributed by atoms with Gasteiger partial charge in [0.25, 0.3) is 5.91 Å². The van der Waals surface area contributed by atoms with Gasteiger partial charge in [-0.05, 0) is 49.2 Å². The van der Waals surface area contributed by atoms with E-state index in [1.165, 1.54) is 11.3 Å². The smallest absolute Gasteiger partial charge is 0.341 e. The number of carbonyl (C=O) groups is 2. The monoisotopic (exact) mass is 409 g/mol. The lowest BCUT2D eigenvalue weighted by atomic mass is 10.2. The number of carbonyl (C=O) groups excluding carboxylic acids is 2. The largest absolute Gasteiger partial charge is 0.489 e. The van der Waals surface area contributed by atoms with Gasteiger partial charge in [-0.2, -0.15) is 0 Å². The molecule has 150 valence electrons. The van der Waals surface area contributed by atoms with Crippen molar-refractivity contribution >= 4 is 28.2 Å². The SMILES string of the molecule is CCOC(=O)c1cc(CC)sc1NC(=O)c1ccc(OCc2ccccc2)cc1. The van der Waals surface area contributed by atoms with Crippen molar-refractivity contribution in [2.45, 2.75) is 26.9 Å². The van der Waals surface area contributed by atoms with Crippen molar-refractivity contribution < 1.29 is 19.1 Å². The first kappa shape index (κ1) is 20.6. The van der Waals surface area contributed by atoms with Crippen molar-refractivity contribution in [2.75, 3.05) is 11.9 Å². The highest BCUT2D eigenvalue weighted by molar-refractivity contribution is 7.16. The van der Waals surface area contributed by atoms with Crippen LogP contribution in [0, 0.1) is 0 Å². The summed E-state index contributed by atoms with van der Waals surface area (Å²) < 4.78 is 10.8. The molecule has 0 bridgehead atoms. The molecule has 0 spiro atoms. The van der Waals surface area contributed by atoms with Crippen LogP contribution in [0.25, 0.3) is 0 Å². The Morgan fingerprint density at radius 2 is 1.72 bits per heavy atom. The van der Waals surface area contributed by atoms with Gasteiger partial charge < -0.3 is 14.8 Å². The number of amides is 1. The fourth-order valence-electron chi connectivity index (χ4n) is 2.69. The lowest BCUT2D eigenvalue weighted by Gasteiger charge is -2.08. The molecule has 29 heavy (non-hydrogen) atoms. The summed E-state index contributed by atoms with van der Waals surface area (Å²) in [6.45, 7) is 4.50. The van der Waals surface area contributed by atoms with Gasteiger partial charge >= 0.3 is 5.97 Å². The molecule has 0 fully saturated rings. The molecule has 3 aromatic rings. The summed E-state index contributed by atoms with van der Waals surface area (Å²) in [5.41, 5.74) is 1.95. The molecule has 3 rings (SSSR count). The Balaban J connectivity index is 1.66. The second kappa shape index (κ2) is 9.89. The zero-order valence-electron chi connectivity index (χ0n) is 16.4. The zero-order valence-corrected chi connectivity index (χ0v) is 17.3. The van der Waals surface area contributed by atoms with Crippen LogP contribution in [0.4, 0.5) is 5.00 Å². The Bertz CT molecular complexity index is 964. The van der Waals surface area contributed by atoms with Crippen LogP contribution in [0.15, 0.2) is 60.7 Å². The Hall–Kier alpha value is -3.12. The van der Waals surface area contributed by atoms with Crippen LogP contribution in [0.3, 0.4) is 0 Å². The molecule has 0 atom stereocenters. The van der Waals surface area contributed by atoms with E-state index in [0.717, 1.165) is 16.9 Å².